The number of rotatable bonds is 4. The second kappa shape index (κ2) is 6.11. The van der Waals surface area contributed by atoms with E-state index in [9.17, 15) is 10.2 Å². The van der Waals surface area contributed by atoms with Gasteiger partial charge in [-0.05, 0) is 30.9 Å². The third kappa shape index (κ3) is 3.04. The number of hydrogen-bond donors (Lipinski definition) is 3. The van der Waals surface area contributed by atoms with Gasteiger partial charge in [0.05, 0.1) is 19.3 Å². The Morgan fingerprint density at radius 3 is 2.58 bits per heavy atom. The molecule has 1 saturated carbocycles. The fraction of sp³-hybridized carbons (Fsp3) is 0.571. The summed E-state index contributed by atoms with van der Waals surface area (Å²) >= 11 is 3.36. The Morgan fingerprint density at radius 1 is 1.37 bits per heavy atom. The molecular weight excluding hydrogens is 310 g/mol. The van der Waals surface area contributed by atoms with Crippen LogP contribution in [-0.4, -0.2) is 23.4 Å². The number of hydrogen-bond acceptors (Lipinski definition) is 4. The van der Waals surface area contributed by atoms with E-state index in [1.165, 1.54) is 7.11 Å². The summed E-state index contributed by atoms with van der Waals surface area (Å²) < 4.78 is 5.87. The molecule has 1 aliphatic carbocycles. The normalized spacial score (nSPS) is 19.4. The molecule has 1 aliphatic rings. The molecule has 0 spiro atoms. The lowest BCUT2D eigenvalue weighted by atomic mass is 9.90. The molecule has 0 saturated heterocycles. The first-order valence-electron chi connectivity index (χ1n) is 6.54. The van der Waals surface area contributed by atoms with Gasteiger partial charge in [0.15, 0.2) is 11.5 Å². The van der Waals surface area contributed by atoms with Crippen molar-refractivity contribution in [1.82, 2.24) is 0 Å². The van der Waals surface area contributed by atoms with Gasteiger partial charge in [-0.25, -0.2) is 0 Å². The molecule has 1 aromatic carbocycles. The lowest BCUT2D eigenvalue weighted by Crippen LogP contribution is -2.32. The van der Waals surface area contributed by atoms with Crippen LogP contribution in [0.3, 0.4) is 0 Å². The first-order chi connectivity index (χ1) is 9.04. The molecule has 5 heteroatoms. The van der Waals surface area contributed by atoms with Gasteiger partial charge in [0.2, 0.25) is 0 Å². The van der Waals surface area contributed by atoms with E-state index < -0.39 is 12.1 Å². The summed E-state index contributed by atoms with van der Waals surface area (Å²) in [6, 6.07) is 2.81. The predicted molar refractivity (Wildman–Crippen MR) is 77.3 cm³/mol. The Bertz CT molecular complexity index is 447. The van der Waals surface area contributed by atoms with Crippen LogP contribution in [0.2, 0.25) is 0 Å². The summed E-state index contributed by atoms with van der Waals surface area (Å²) in [4.78, 5) is 0. The van der Waals surface area contributed by atoms with E-state index in [4.69, 9.17) is 10.5 Å². The zero-order valence-corrected chi connectivity index (χ0v) is 12.6. The zero-order chi connectivity index (χ0) is 14.0. The van der Waals surface area contributed by atoms with Crippen LogP contribution >= 0.6 is 15.9 Å². The maximum atomic E-state index is 10.4. The lowest BCUT2D eigenvalue weighted by Gasteiger charge is -2.25. The van der Waals surface area contributed by atoms with Crippen molar-refractivity contribution in [2.45, 2.75) is 37.8 Å². The standard InChI is InChI=1S/C14H20BrNO3/c1-19-11-7-9(15)6-10(14(11)18)12(16)13(17)8-4-2-3-5-8/h6-8,12-13,17-18H,2-5,16H2,1H3/t12-,13+/m0/s1. The number of phenolic OH excluding ortho intramolecular Hbond substituents is 1. The molecule has 2 rings (SSSR count). The maximum Gasteiger partial charge on any atom is 0.162 e. The molecule has 4 N–H and O–H groups in total. The van der Waals surface area contributed by atoms with Crippen LogP contribution in [0.1, 0.15) is 37.3 Å². The lowest BCUT2D eigenvalue weighted by molar-refractivity contribution is 0.0835. The van der Waals surface area contributed by atoms with Crippen molar-refractivity contribution >= 4 is 15.9 Å². The minimum atomic E-state index is -0.632. The maximum absolute atomic E-state index is 10.4. The molecule has 1 aromatic rings. The number of aromatic hydroxyl groups is 1. The van der Waals surface area contributed by atoms with Crippen LogP contribution in [0, 0.1) is 5.92 Å². The summed E-state index contributed by atoms with van der Waals surface area (Å²) in [7, 11) is 1.49. The Balaban J connectivity index is 2.27. The van der Waals surface area contributed by atoms with E-state index in [0.717, 1.165) is 30.2 Å². The van der Waals surface area contributed by atoms with E-state index in [1.807, 2.05) is 0 Å². The molecule has 1 fully saturated rings. The van der Waals surface area contributed by atoms with Gasteiger partial charge < -0.3 is 20.7 Å². The molecule has 0 unspecified atom stereocenters. The van der Waals surface area contributed by atoms with E-state index in [2.05, 4.69) is 15.9 Å². The Morgan fingerprint density at radius 2 is 2.00 bits per heavy atom. The Kier molecular flexibility index (Phi) is 4.71. The van der Waals surface area contributed by atoms with Crippen LogP contribution < -0.4 is 10.5 Å². The van der Waals surface area contributed by atoms with Crippen LogP contribution in [0.15, 0.2) is 16.6 Å². The van der Waals surface area contributed by atoms with Gasteiger partial charge in [0.25, 0.3) is 0 Å². The third-order valence-electron chi connectivity index (χ3n) is 3.90. The Labute approximate surface area is 121 Å². The van der Waals surface area contributed by atoms with Crippen LogP contribution in [0.5, 0.6) is 11.5 Å². The van der Waals surface area contributed by atoms with E-state index in [1.54, 1.807) is 12.1 Å². The average molecular weight is 330 g/mol. The first-order valence-corrected chi connectivity index (χ1v) is 7.34. The second-order valence-corrected chi connectivity index (χ2v) is 6.02. The van der Waals surface area contributed by atoms with Gasteiger partial charge in [-0.15, -0.1) is 0 Å². The number of aliphatic hydroxyl groups is 1. The summed E-state index contributed by atoms with van der Waals surface area (Å²) in [5, 5.41) is 20.5. The van der Waals surface area contributed by atoms with E-state index >= 15 is 0 Å². The molecular formula is C14H20BrNO3. The molecule has 4 nitrogen and oxygen atoms in total. The highest BCUT2D eigenvalue weighted by atomic mass is 79.9. The van der Waals surface area contributed by atoms with Crippen molar-refractivity contribution in [3.05, 3.63) is 22.2 Å². The highest BCUT2D eigenvalue weighted by Crippen LogP contribution is 2.40. The summed E-state index contributed by atoms with van der Waals surface area (Å²) in [5.41, 5.74) is 6.64. The van der Waals surface area contributed by atoms with E-state index in [0.29, 0.717) is 11.3 Å². The fourth-order valence-electron chi connectivity index (χ4n) is 2.78. The molecule has 0 aliphatic heterocycles. The van der Waals surface area contributed by atoms with Crippen molar-refractivity contribution in [1.29, 1.82) is 0 Å². The molecule has 0 amide bonds. The van der Waals surface area contributed by atoms with Crippen molar-refractivity contribution in [3.8, 4) is 11.5 Å². The summed E-state index contributed by atoms with van der Waals surface area (Å²) in [6.07, 6.45) is 3.65. The molecule has 106 valence electrons. The molecule has 0 bridgehead atoms. The third-order valence-corrected chi connectivity index (χ3v) is 4.36. The monoisotopic (exact) mass is 329 g/mol. The SMILES string of the molecule is COc1cc(Br)cc([C@H](N)[C@H](O)C2CCCC2)c1O. The summed E-state index contributed by atoms with van der Waals surface area (Å²) in [5.74, 6) is 0.591. The molecule has 0 radical (unpaired) electrons. The Hall–Kier alpha value is -0.780. The fourth-order valence-corrected chi connectivity index (χ4v) is 3.23. The molecule has 0 aromatic heterocycles. The van der Waals surface area contributed by atoms with Crippen molar-refractivity contribution in [2.75, 3.05) is 7.11 Å². The van der Waals surface area contributed by atoms with Crippen molar-refractivity contribution in [2.24, 2.45) is 11.7 Å². The number of phenols is 1. The highest BCUT2D eigenvalue weighted by molar-refractivity contribution is 9.10. The molecule has 19 heavy (non-hydrogen) atoms. The van der Waals surface area contributed by atoms with Gasteiger partial charge in [-0.2, -0.15) is 0 Å². The van der Waals surface area contributed by atoms with Gasteiger partial charge in [0.1, 0.15) is 0 Å². The topological polar surface area (TPSA) is 75.7 Å². The van der Waals surface area contributed by atoms with E-state index in [-0.39, 0.29) is 11.7 Å². The number of aliphatic hydroxyl groups excluding tert-OH is 1. The van der Waals surface area contributed by atoms with Crippen molar-refractivity contribution < 1.29 is 14.9 Å². The number of nitrogens with two attached hydrogens (primary N) is 1. The highest BCUT2D eigenvalue weighted by Gasteiger charge is 2.30. The van der Waals surface area contributed by atoms with Gasteiger partial charge in [0, 0.05) is 10.0 Å². The zero-order valence-electron chi connectivity index (χ0n) is 11.0. The minimum absolute atomic E-state index is 0.00949. The first kappa shape index (κ1) is 14.6. The van der Waals surface area contributed by atoms with Crippen LogP contribution in [-0.2, 0) is 0 Å². The molecule has 2 atom stereocenters. The quantitative estimate of drug-likeness (QED) is 0.793. The van der Waals surface area contributed by atoms with Gasteiger partial charge in [-0.1, -0.05) is 28.8 Å². The van der Waals surface area contributed by atoms with Gasteiger partial charge in [-0.3, -0.25) is 0 Å². The summed E-state index contributed by atoms with van der Waals surface area (Å²) in [6.45, 7) is 0. The number of halogens is 1. The second-order valence-electron chi connectivity index (χ2n) is 5.11. The van der Waals surface area contributed by atoms with Gasteiger partial charge >= 0.3 is 0 Å². The predicted octanol–water partition coefficient (Wildman–Crippen LogP) is 2.71. The van der Waals surface area contributed by atoms with Crippen molar-refractivity contribution in [3.63, 3.8) is 0 Å². The average Bonchev–Trinajstić information content (AvgIpc) is 2.93. The van der Waals surface area contributed by atoms with Crippen LogP contribution in [0.4, 0.5) is 0 Å². The number of methoxy groups -OCH3 is 1. The number of benzene rings is 1. The van der Waals surface area contributed by atoms with Crippen LogP contribution in [0.25, 0.3) is 0 Å². The minimum Gasteiger partial charge on any atom is -0.504 e. The molecule has 0 heterocycles. The largest absolute Gasteiger partial charge is 0.504 e. The smallest absolute Gasteiger partial charge is 0.162 e. The number of ether oxygens (including phenoxy) is 1.